The van der Waals surface area contributed by atoms with E-state index in [9.17, 15) is 14.9 Å². The summed E-state index contributed by atoms with van der Waals surface area (Å²) in [6.45, 7) is 1.67. The third kappa shape index (κ3) is 4.34. The highest BCUT2D eigenvalue weighted by Crippen LogP contribution is 2.32. The van der Waals surface area contributed by atoms with Gasteiger partial charge in [-0.3, -0.25) is 10.1 Å². The molecule has 2 N–H and O–H groups in total. The molecule has 0 saturated carbocycles. The molecule has 0 spiro atoms. The van der Waals surface area contributed by atoms with Gasteiger partial charge in [-0.1, -0.05) is 40.0 Å². The lowest BCUT2D eigenvalue weighted by Crippen LogP contribution is -2.14. The molecular weight excluding hydrogens is 449 g/mol. The van der Waals surface area contributed by atoms with Crippen LogP contribution in [0.3, 0.4) is 0 Å². The van der Waals surface area contributed by atoms with Gasteiger partial charge in [-0.2, -0.15) is 5.10 Å². The number of halogens is 3. The van der Waals surface area contributed by atoms with Gasteiger partial charge in [-0.05, 0) is 31.2 Å². The third-order valence-electron chi connectivity index (χ3n) is 3.54. The van der Waals surface area contributed by atoms with Gasteiger partial charge in [0.05, 0.1) is 16.1 Å². The molecule has 0 bridgehead atoms. The Morgan fingerprint density at radius 3 is 2.52 bits per heavy atom. The van der Waals surface area contributed by atoms with Crippen molar-refractivity contribution in [2.45, 2.75) is 6.92 Å². The molecule has 13 heteroatoms. The van der Waals surface area contributed by atoms with E-state index in [-0.39, 0.29) is 27.3 Å². The molecule has 29 heavy (non-hydrogen) atoms. The number of nitro groups is 1. The van der Waals surface area contributed by atoms with Gasteiger partial charge in [0.1, 0.15) is 10.6 Å². The minimum absolute atomic E-state index is 0.105. The molecule has 1 aromatic carbocycles. The number of aromatic nitrogens is 2. The normalized spacial score (nSPS) is 11.5. The van der Waals surface area contributed by atoms with Crippen LogP contribution in [0.2, 0.25) is 15.1 Å². The number of carbonyl (C=O) groups is 1. The summed E-state index contributed by atoms with van der Waals surface area (Å²) in [4.78, 5) is 26.8. The van der Waals surface area contributed by atoms with Crippen molar-refractivity contribution in [3.63, 3.8) is 0 Å². The fourth-order valence-electron chi connectivity index (χ4n) is 2.28. The maximum atomic E-state index is 12.2. The second-order valence-corrected chi connectivity index (χ2v) is 6.80. The highest BCUT2D eigenvalue weighted by Gasteiger charge is 2.20. The summed E-state index contributed by atoms with van der Waals surface area (Å²) < 4.78 is 6.20. The number of oxime groups is 1. The average Bonchev–Trinajstić information content (AvgIpc) is 3.26. The Morgan fingerprint density at radius 1 is 1.28 bits per heavy atom. The quantitative estimate of drug-likeness (QED) is 0.199. The SMILES string of the molecule is Cc1cc(C(=O)O/N=C(/N)c2ccc([N+](=O)[O-])o2)nn1-c1c(Cl)cc(Cl)cc1Cl. The van der Waals surface area contributed by atoms with E-state index in [1.807, 2.05) is 0 Å². The van der Waals surface area contributed by atoms with E-state index in [1.165, 1.54) is 28.9 Å². The molecule has 0 unspecified atom stereocenters. The zero-order chi connectivity index (χ0) is 21.3. The van der Waals surface area contributed by atoms with E-state index in [4.69, 9.17) is 49.8 Å². The molecule has 0 aliphatic carbocycles. The van der Waals surface area contributed by atoms with Crippen LogP contribution in [0.1, 0.15) is 21.9 Å². The molecule has 3 rings (SSSR count). The summed E-state index contributed by atoms with van der Waals surface area (Å²) in [5.41, 5.74) is 6.36. The molecule has 0 saturated heterocycles. The van der Waals surface area contributed by atoms with Crippen LogP contribution in [0.4, 0.5) is 5.88 Å². The molecule has 2 aromatic heterocycles. The number of furan rings is 1. The van der Waals surface area contributed by atoms with Crippen molar-refractivity contribution in [2.24, 2.45) is 10.9 Å². The van der Waals surface area contributed by atoms with Gasteiger partial charge in [-0.25, -0.2) is 9.48 Å². The first-order valence-corrected chi connectivity index (χ1v) is 8.81. The monoisotopic (exact) mass is 457 g/mol. The van der Waals surface area contributed by atoms with Crippen molar-refractivity contribution in [3.8, 4) is 5.69 Å². The first-order valence-electron chi connectivity index (χ1n) is 7.68. The van der Waals surface area contributed by atoms with Crippen molar-refractivity contribution in [1.29, 1.82) is 0 Å². The smallest absolute Gasteiger partial charge is 0.397 e. The second-order valence-electron chi connectivity index (χ2n) is 5.55. The number of carbonyl (C=O) groups excluding carboxylic acids is 1. The summed E-state index contributed by atoms with van der Waals surface area (Å²) in [5.74, 6) is -1.97. The predicted molar refractivity (Wildman–Crippen MR) is 105 cm³/mol. The topological polar surface area (TPSA) is 139 Å². The summed E-state index contributed by atoms with van der Waals surface area (Å²) in [7, 11) is 0. The molecule has 150 valence electrons. The minimum Gasteiger partial charge on any atom is -0.397 e. The van der Waals surface area contributed by atoms with Crippen LogP contribution < -0.4 is 5.73 Å². The third-order valence-corrected chi connectivity index (χ3v) is 4.34. The molecule has 0 radical (unpaired) electrons. The lowest BCUT2D eigenvalue weighted by Gasteiger charge is -2.09. The Morgan fingerprint density at radius 2 is 1.93 bits per heavy atom. The molecule has 0 atom stereocenters. The second kappa shape index (κ2) is 8.11. The number of amidine groups is 1. The van der Waals surface area contributed by atoms with Gasteiger partial charge in [-0.15, -0.1) is 0 Å². The summed E-state index contributed by atoms with van der Waals surface area (Å²) >= 11 is 18.3. The van der Waals surface area contributed by atoms with E-state index in [0.717, 1.165) is 6.07 Å². The van der Waals surface area contributed by atoms with E-state index in [2.05, 4.69) is 10.3 Å². The first-order chi connectivity index (χ1) is 13.7. The zero-order valence-electron chi connectivity index (χ0n) is 14.4. The standard InChI is InChI=1S/C16H10Cl3N5O5/c1-7-4-11(21-23(7)14-9(18)5-8(17)6-10(14)19)16(25)29-22-15(20)12-2-3-13(28-12)24(26)27/h2-6H,1H3,(H2,20,22). The molecule has 0 aliphatic rings. The number of nitrogens with two attached hydrogens (primary N) is 1. The van der Waals surface area contributed by atoms with Gasteiger partial charge in [0, 0.05) is 10.7 Å². The van der Waals surface area contributed by atoms with Crippen LogP contribution in [-0.4, -0.2) is 26.5 Å². The molecule has 0 amide bonds. The fourth-order valence-corrected chi connectivity index (χ4v) is 3.26. The van der Waals surface area contributed by atoms with E-state index >= 15 is 0 Å². The van der Waals surface area contributed by atoms with Crippen molar-refractivity contribution in [1.82, 2.24) is 9.78 Å². The van der Waals surface area contributed by atoms with Crippen molar-refractivity contribution >= 4 is 52.5 Å². The van der Waals surface area contributed by atoms with Crippen LogP contribution in [0.15, 0.2) is 39.9 Å². The van der Waals surface area contributed by atoms with E-state index in [0.29, 0.717) is 16.4 Å². The van der Waals surface area contributed by atoms with E-state index in [1.54, 1.807) is 6.92 Å². The predicted octanol–water partition coefficient (Wildman–Crippen LogP) is 4.12. The largest absolute Gasteiger partial charge is 0.433 e. The maximum Gasteiger partial charge on any atom is 0.433 e. The van der Waals surface area contributed by atoms with Crippen LogP contribution in [-0.2, 0) is 4.84 Å². The van der Waals surface area contributed by atoms with Crippen molar-refractivity contribution in [2.75, 3.05) is 0 Å². The zero-order valence-corrected chi connectivity index (χ0v) is 16.7. The number of hydrogen-bond acceptors (Lipinski definition) is 7. The van der Waals surface area contributed by atoms with Gasteiger partial charge in [0.25, 0.3) is 0 Å². The molecule has 0 aliphatic heterocycles. The molecular formula is C16H10Cl3N5O5. The summed E-state index contributed by atoms with van der Waals surface area (Å²) in [5, 5.41) is 18.9. The fraction of sp³-hybridized carbons (Fsp3) is 0.0625. The Hall–Kier alpha value is -3.08. The average molecular weight is 459 g/mol. The van der Waals surface area contributed by atoms with Gasteiger partial charge in [0.15, 0.2) is 11.5 Å². The van der Waals surface area contributed by atoms with Gasteiger partial charge in [0.2, 0.25) is 5.84 Å². The Balaban J connectivity index is 1.82. The lowest BCUT2D eigenvalue weighted by molar-refractivity contribution is -0.402. The number of hydrogen-bond donors (Lipinski definition) is 1. The maximum absolute atomic E-state index is 12.2. The lowest BCUT2D eigenvalue weighted by atomic mass is 10.3. The minimum atomic E-state index is -0.933. The molecule has 3 aromatic rings. The van der Waals surface area contributed by atoms with Crippen molar-refractivity contribution in [3.05, 3.63) is 72.7 Å². The van der Waals surface area contributed by atoms with Crippen LogP contribution >= 0.6 is 34.8 Å². The van der Waals surface area contributed by atoms with Gasteiger partial charge >= 0.3 is 11.9 Å². The Kier molecular flexibility index (Phi) is 5.78. The molecule has 2 heterocycles. The van der Waals surface area contributed by atoms with Gasteiger partial charge < -0.3 is 15.0 Å². The van der Waals surface area contributed by atoms with Crippen LogP contribution in [0, 0.1) is 17.0 Å². The highest BCUT2D eigenvalue weighted by molar-refractivity contribution is 6.40. The van der Waals surface area contributed by atoms with E-state index < -0.39 is 16.8 Å². The van der Waals surface area contributed by atoms with Crippen LogP contribution in [0.5, 0.6) is 0 Å². The molecule has 10 nitrogen and oxygen atoms in total. The number of aryl methyl sites for hydroxylation is 1. The highest BCUT2D eigenvalue weighted by atomic mass is 35.5. The summed E-state index contributed by atoms with van der Waals surface area (Å²) in [6.07, 6.45) is 0. The molecule has 0 fully saturated rings. The number of benzene rings is 1. The number of nitrogens with zero attached hydrogens (tertiary/aromatic N) is 4. The number of rotatable bonds is 5. The first kappa shape index (κ1) is 20.6. The van der Waals surface area contributed by atoms with Crippen LogP contribution in [0.25, 0.3) is 5.69 Å². The Bertz CT molecular complexity index is 1130. The Labute approximate surface area is 177 Å². The summed E-state index contributed by atoms with van der Waals surface area (Å²) in [6, 6.07) is 6.69. The van der Waals surface area contributed by atoms with Crippen molar-refractivity contribution < 1.29 is 19.0 Å².